The van der Waals surface area contributed by atoms with Crippen LogP contribution >= 0.6 is 0 Å². The van der Waals surface area contributed by atoms with Crippen LogP contribution in [0.3, 0.4) is 0 Å². The summed E-state index contributed by atoms with van der Waals surface area (Å²) in [5, 5.41) is 7.36. The quantitative estimate of drug-likeness (QED) is 0.886. The third-order valence-corrected chi connectivity index (χ3v) is 4.50. The molecular weight excluding hydrogens is 276 g/mol. The molecule has 0 spiro atoms. The summed E-state index contributed by atoms with van der Waals surface area (Å²) in [5.41, 5.74) is 7.94. The Morgan fingerprint density at radius 1 is 1.30 bits per heavy atom. The van der Waals surface area contributed by atoms with Gasteiger partial charge < -0.3 is 5.73 Å². The summed E-state index contributed by atoms with van der Waals surface area (Å²) in [6.45, 7) is 3.91. The van der Waals surface area contributed by atoms with Crippen LogP contribution < -0.4 is 10.5 Å². The van der Waals surface area contributed by atoms with Gasteiger partial charge in [0, 0.05) is 12.7 Å². The average molecular weight is 292 g/mol. The molecule has 0 aliphatic carbocycles. The van der Waals surface area contributed by atoms with Gasteiger partial charge in [0.05, 0.1) is 4.90 Å². The number of hydrogen-bond acceptors (Lipinski definition) is 5. The molecular formula is C13H16N4O2S. The predicted molar refractivity (Wildman–Crippen MR) is 76.6 cm³/mol. The highest BCUT2D eigenvalue weighted by Crippen LogP contribution is 2.22. The Labute approximate surface area is 118 Å². The zero-order valence-electron chi connectivity index (χ0n) is 11.3. The van der Waals surface area contributed by atoms with Crippen LogP contribution in [0.2, 0.25) is 0 Å². The second kappa shape index (κ2) is 5.56. The molecule has 0 fully saturated rings. The molecule has 106 valence electrons. The number of hydrogen-bond donors (Lipinski definition) is 2. The molecule has 0 aliphatic rings. The summed E-state index contributed by atoms with van der Waals surface area (Å²) in [5.74, 6) is 0.183. The molecule has 0 radical (unpaired) electrons. The van der Waals surface area contributed by atoms with Gasteiger partial charge in [0.1, 0.15) is 0 Å². The zero-order chi connectivity index (χ0) is 14.8. The van der Waals surface area contributed by atoms with Gasteiger partial charge in [0.25, 0.3) is 10.0 Å². The van der Waals surface area contributed by atoms with Crippen LogP contribution in [-0.4, -0.2) is 18.6 Å². The third-order valence-electron chi connectivity index (χ3n) is 3.02. The summed E-state index contributed by atoms with van der Waals surface area (Å²) in [7, 11) is -3.71. The SMILES string of the molecule is Cc1cc(CN)cc(S(=O)(=O)Nc2cccnn2)c1C. The number of rotatable bonds is 4. The Kier molecular flexibility index (Phi) is 4.01. The molecule has 1 aromatic carbocycles. The van der Waals surface area contributed by atoms with E-state index in [1.54, 1.807) is 25.1 Å². The molecule has 0 saturated carbocycles. The van der Waals surface area contributed by atoms with Gasteiger partial charge in [-0.1, -0.05) is 6.07 Å². The normalized spacial score (nSPS) is 11.3. The van der Waals surface area contributed by atoms with Crippen molar-refractivity contribution < 1.29 is 8.42 Å². The number of nitrogens with zero attached hydrogens (tertiary/aromatic N) is 2. The first-order chi connectivity index (χ1) is 9.44. The number of sulfonamides is 1. The minimum Gasteiger partial charge on any atom is -0.326 e. The van der Waals surface area contributed by atoms with Gasteiger partial charge in [-0.05, 0) is 48.7 Å². The van der Waals surface area contributed by atoms with Crippen LogP contribution in [0.1, 0.15) is 16.7 Å². The van der Waals surface area contributed by atoms with Gasteiger partial charge in [-0.15, -0.1) is 5.10 Å². The van der Waals surface area contributed by atoms with Crippen LogP contribution in [0.5, 0.6) is 0 Å². The van der Waals surface area contributed by atoms with Crippen molar-refractivity contribution in [2.75, 3.05) is 4.72 Å². The van der Waals surface area contributed by atoms with Crippen molar-refractivity contribution in [3.63, 3.8) is 0 Å². The van der Waals surface area contributed by atoms with Gasteiger partial charge in [-0.25, -0.2) is 8.42 Å². The number of aryl methyl sites for hydroxylation is 1. The van der Waals surface area contributed by atoms with E-state index in [9.17, 15) is 8.42 Å². The molecule has 0 saturated heterocycles. The molecule has 2 aromatic rings. The third kappa shape index (κ3) is 2.94. The van der Waals surface area contributed by atoms with E-state index in [-0.39, 0.29) is 17.3 Å². The number of nitrogens with one attached hydrogen (secondary N) is 1. The Morgan fingerprint density at radius 2 is 2.05 bits per heavy atom. The zero-order valence-corrected chi connectivity index (χ0v) is 12.1. The first-order valence-electron chi connectivity index (χ1n) is 6.05. The van der Waals surface area contributed by atoms with Crippen molar-refractivity contribution in [2.45, 2.75) is 25.3 Å². The fourth-order valence-corrected chi connectivity index (χ4v) is 3.21. The van der Waals surface area contributed by atoms with E-state index in [4.69, 9.17) is 5.73 Å². The molecule has 2 rings (SSSR count). The Bertz CT molecular complexity index is 715. The van der Waals surface area contributed by atoms with E-state index in [1.807, 2.05) is 13.0 Å². The van der Waals surface area contributed by atoms with Crippen molar-refractivity contribution in [3.05, 3.63) is 47.2 Å². The van der Waals surface area contributed by atoms with E-state index in [0.29, 0.717) is 5.56 Å². The summed E-state index contributed by atoms with van der Waals surface area (Å²) in [4.78, 5) is 0.212. The maximum atomic E-state index is 12.4. The highest BCUT2D eigenvalue weighted by molar-refractivity contribution is 7.92. The number of anilines is 1. The highest BCUT2D eigenvalue weighted by Gasteiger charge is 2.19. The van der Waals surface area contributed by atoms with E-state index in [2.05, 4.69) is 14.9 Å². The summed E-state index contributed by atoms with van der Waals surface area (Å²) < 4.78 is 27.3. The fourth-order valence-electron chi connectivity index (χ4n) is 1.84. The lowest BCUT2D eigenvalue weighted by Gasteiger charge is -2.13. The van der Waals surface area contributed by atoms with Gasteiger partial charge >= 0.3 is 0 Å². The molecule has 1 aromatic heterocycles. The first-order valence-corrected chi connectivity index (χ1v) is 7.53. The summed E-state index contributed by atoms with van der Waals surface area (Å²) in [6, 6.07) is 6.62. The van der Waals surface area contributed by atoms with Crippen LogP contribution in [0.15, 0.2) is 35.4 Å². The van der Waals surface area contributed by atoms with Gasteiger partial charge in [0.15, 0.2) is 5.82 Å². The lowest BCUT2D eigenvalue weighted by molar-refractivity contribution is 0.600. The second-order valence-electron chi connectivity index (χ2n) is 4.45. The second-order valence-corrected chi connectivity index (χ2v) is 6.11. The molecule has 0 aliphatic heterocycles. The molecule has 1 heterocycles. The topological polar surface area (TPSA) is 98.0 Å². The van der Waals surface area contributed by atoms with E-state index < -0.39 is 10.0 Å². The molecule has 0 bridgehead atoms. The van der Waals surface area contributed by atoms with Crippen molar-refractivity contribution in [1.29, 1.82) is 0 Å². The molecule has 6 nitrogen and oxygen atoms in total. The van der Waals surface area contributed by atoms with E-state index in [1.165, 1.54) is 6.20 Å². The summed E-state index contributed by atoms with van der Waals surface area (Å²) >= 11 is 0. The molecule has 0 amide bonds. The van der Waals surface area contributed by atoms with Crippen LogP contribution in [-0.2, 0) is 16.6 Å². The van der Waals surface area contributed by atoms with Crippen molar-refractivity contribution >= 4 is 15.8 Å². The Morgan fingerprint density at radius 3 is 2.65 bits per heavy atom. The highest BCUT2D eigenvalue weighted by atomic mass is 32.2. The number of benzene rings is 1. The number of aromatic nitrogens is 2. The average Bonchev–Trinajstić information content (AvgIpc) is 2.42. The molecule has 0 unspecified atom stereocenters. The standard InChI is InChI=1S/C13H16N4O2S/c1-9-6-11(8-14)7-12(10(9)2)20(18,19)17-13-4-3-5-15-16-13/h3-7H,8,14H2,1-2H3,(H,16,17). The van der Waals surface area contributed by atoms with Crippen LogP contribution in [0.25, 0.3) is 0 Å². The van der Waals surface area contributed by atoms with Gasteiger partial charge in [0.2, 0.25) is 0 Å². The van der Waals surface area contributed by atoms with Gasteiger partial charge in [-0.3, -0.25) is 4.72 Å². The van der Waals surface area contributed by atoms with E-state index in [0.717, 1.165) is 11.1 Å². The van der Waals surface area contributed by atoms with Crippen LogP contribution in [0.4, 0.5) is 5.82 Å². The van der Waals surface area contributed by atoms with Gasteiger partial charge in [-0.2, -0.15) is 5.10 Å². The Hall–Kier alpha value is -1.99. The van der Waals surface area contributed by atoms with Crippen molar-refractivity contribution in [2.24, 2.45) is 5.73 Å². The maximum absolute atomic E-state index is 12.4. The number of nitrogens with two attached hydrogens (primary N) is 1. The monoisotopic (exact) mass is 292 g/mol. The molecule has 0 atom stereocenters. The smallest absolute Gasteiger partial charge is 0.263 e. The maximum Gasteiger partial charge on any atom is 0.263 e. The first kappa shape index (κ1) is 14.4. The fraction of sp³-hybridized carbons (Fsp3) is 0.231. The largest absolute Gasteiger partial charge is 0.326 e. The molecule has 7 heteroatoms. The Balaban J connectivity index is 2.47. The van der Waals surface area contributed by atoms with E-state index >= 15 is 0 Å². The molecule has 20 heavy (non-hydrogen) atoms. The molecule has 3 N–H and O–H groups in total. The lowest BCUT2D eigenvalue weighted by atomic mass is 10.1. The summed E-state index contributed by atoms with van der Waals surface area (Å²) in [6.07, 6.45) is 1.47. The lowest BCUT2D eigenvalue weighted by Crippen LogP contribution is -2.16. The minimum absolute atomic E-state index is 0.183. The van der Waals surface area contributed by atoms with Crippen molar-refractivity contribution in [3.8, 4) is 0 Å². The minimum atomic E-state index is -3.71. The van der Waals surface area contributed by atoms with Crippen LogP contribution in [0, 0.1) is 13.8 Å². The van der Waals surface area contributed by atoms with Crippen molar-refractivity contribution in [1.82, 2.24) is 10.2 Å². The predicted octanol–water partition coefficient (Wildman–Crippen LogP) is 1.35.